The molecule has 1 atom stereocenters. The number of nitrogens with one attached hydrogen (secondary N) is 1. The van der Waals surface area contributed by atoms with Crippen LogP contribution in [0, 0.1) is 0 Å². The van der Waals surface area contributed by atoms with Crippen LogP contribution in [-0.2, 0) is 4.79 Å². The van der Waals surface area contributed by atoms with Crippen molar-refractivity contribution in [3.8, 4) is 10.4 Å². The predicted octanol–water partition coefficient (Wildman–Crippen LogP) is 2.97. The highest BCUT2D eigenvalue weighted by atomic mass is 32.1. The molecular formula is C19H20N2O3S. The molecule has 0 bridgehead atoms. The summed E-state index contributed by atoms with van der Waals surface area (Å²) in [6.45, 7) is 4.22. The Kier molecular flexibility index (Phi) is 4.99. The van der Waals surface area contributed by atoms with Crippen LogP contribution in [0.25, 0.3) is 10.4 Å². The van der Waals surface area contributed by atoms with Gasteiger partial charge in [0.15, 0.2) is 5.78 Å². The van der Waals surface area contributed by atoms with Crippen LogP contribution in [0.2, 0.25) is 0 Å². The number of carbonyl (C=O) groups excluding carboxylic acids is 3. The highest BCUT2D eigenvalue weighted by molar-refractivity contribution is 7.17. The van der Waals surface area contributed by atoms with Crippen molar-refractivity contribution in [2.24, 2.45) is 0 Å². The van der Waals surface area contributed by atoms with E-state index in [0.717, 1.165) is 16.9 Å². The molecule has 5 nitrogen and oxygen atoms in total. The molecule has 2 amide bonds. The number of rotatable bonds is 4. The zero-order valence-electron chi connectivity index (χ0n) is 14.2. The van der Waals surface area contributed by atoms with Crippen LogP contribution in [0.4, 0.5) is 0 Å². The quantitative estimate of drug-likeness (QED) is 0.857. The van der Waals surface area contributed by atoms with E-state index in [1.165, 1.54) is 18.3 Å². The second-order valence-corrected chi connectivity index (χ2v) is 7.32. The standard InChI is InChI=1S/C19H20N2O3S/c1-12(22)17-6-7-18(25-17)14-4-3-5-15(10-14)19(24)21-9-8-16(11-21)20-13(2)23/h3-7,10,16H,8-9,11H2,1-2H3,(H,20,23). The molecule has 1 saturated heterocycles. The van der Waals surface area contributed by atoms with E-state index in [-0.39, 0.29) is 23.6 Å². The molecular weight excluding hydrogens is 336 g/mol. The number of amides is 2. The molecule has 2 aromatic rings. The Hall–Kier alpha value is -2.47. The lowest BCUT2D eigenvalue weighted by molar-refractivity contribution is -0.119. The van der Waals surface area contributed by atoms with Crippen molar-refractivity contribution in [2.75, 3.05) is 13.1 Å². The third-order valence-corrected chi connectivity index (χ3v) is 5.47. The lowest BCUT2D eigenvalue weighted by Gasteiger charge is -2.17. The molecule has 6 heteroatoms. The van der Waals surface area contributed by atoms with Crippen LogP contribution in [0.5, 0.6) is 0 Å². The zero-order valence-corrected chi connectivity index (χ0v) is 15.1. The number of thiophene rings is 1. The van der Waals surface area contributed by atoms with Gasteiger partial charge < -0.3 is 10.2 Å². The van der Waals surface area contributed by atoms with E-state index >= 15 is 0 Å². The fourth-order valence-electron chi connectivity index (χ4n) is 3.02. The van der Waals surface area contributed by atoms with Crippen LogP contribution >= 0.6 is 11.3 Å². The third kappa shape index (κ3) is 3.96. The summed E-state index contributed by atoms with van der Waals surface area (Å²) < 4.78 is 0. The second kappa shape index (κ2) is 7.19. The van der Waals surface area contributed by atoms with Crippen molar-refractivity contribution in [1.29, 1.82) is 0 Å². The largest absolute Gasteiger partial charge is 0.352 e. The van der Waals surface area contributed by atoms with Gasteiger partial charge in [-0.15, -0.1) is 11.3 Å². The van der Waals surface area contributed by atoms with Crippen molar-refractivity contribution in [3.63, 3.8) is 0 Å². The lowest BCUT2D eigenvalue weighted by atomic mass is 10.1. The summed E-state index contributed by atoms with van der Waals surface area (Å²) in [7, 11) is 0. The number of hydrogen-bond donors (Lipinski definition) is 1. The van der Waals surface area contributed by atoms with E-state index < -0.39 is 0 Å². The molecule has 2 heterocycles. The summed E-state index contributed by atoms with van der Waals surface area (Å²) >= 11 is 1.43. The van der Waals surface area contributed by atoms with E-state index in [2.05, 4.69) is 5.32 Å². The van der Waals surface area contributed by atoms with Gasteiger partial charge in [0.05, 0.1) is 4.88 Å². The minimum absolute atomic E-state index is 0.0278. The second-order valence-electron chi connectivity index (χ2n) is 6.24. The van der Waals surface area contributed by atoms with E-state index in [4.69, 9.17) is 0 Å². The van der Waals surface area contributed by atoms with Crippen LogP contribution < -0.4 is 5.32 Å². The van der Waals surface area contributed by atoms with Crippen molar-refractivity contribution < 1.29 is 14.4 Å². The van der Waals surface area contributed by atoms with E-state index in [1.807, 2.05) is 30.3 Å². The van der Waals surface area contributed by atoms with Gasteiger partial charge in [-0.2, -0.15) is 0 Å². The average molecular weight is 356 g/mol. The molecule has 130 valence electrons. The number of likely N-dealkylation sites (tertiary alicyclic amines) is 1. The Bertz CT molecular complexity index is 828. The summed E-state index contributed by atoms with van der Waals surface area (Å²) in [6, 6.07) is 11.2. The van der Waals surface area contributed by atoms with Crippen LogP contribution in [0.3, 0.4) is 0 Å². The molecule has 1 aromatic carbocycles. The Balaban J connectivity index is 1.76. The van der Waals surface area contributed by atoms with Crippen LogP contribution in [-0.4, -0.2) is 41.6 Å². The molecule has 25 heavy (non-hydrogen) atoms. The van der Waals surface area contributed by atoms with Crippen molar-refractivity contribution in [3.05, 3.63) is 46.8 Å². The molecule has 3 rings (SSSR count). The Labute approximate surface area is 150 Å². The first-order valence-corrected chi connectivity index (χ1v) is 9.03. The van der Waals surface area contributed by atoms with Gasteiger partial charge in [0.1, 0.15) is 0 Å². The molecule has 1 unspecified atom stereocenters. The predicted molar refractivity (Wildman–Crippen MR) is 97.9 cm³/mol. The van der Waals surface area contributed by atoms with Gasteiger partial charge in [-0.1, -0.05) is 12.1 Å². The molecule has 0 radical (unpaired) electrons. The number of carbonyl (C=O) groups is 3. The van der Waals surface area contributed by atoms with Gasteiger partial charge in [0.25, 0.3) is 5.91 Å². The van der Waals surface area contributed by atoms with Gasteiger partial charge in [-0.05, 0) is 43.2 Å². The molecule has 1 aliphatic heterocycles. The van der Waals surface area contributed by atoms with Crippen molar-refractivity contribution in [2.45, 2.75) is 26.3 Å². The molecule has 0 aliphatic carbocycles. The van der Waals surface area contributed by atoms with Crippen molar-refractivity contribution >= 4 is 28.9 Å². The highest BCUT2D eigenvalue weighted by Crippen LogP contribution is 2.29. The minimum atomic E-state index is -0.0692. The first-order chi connectivity index (χ1) is 11.9. The summed E-state index contributed by atoms with van der Waals surface area (Å²) in [5.41, 5.74) is 1.56. The topological polar surface area (TPSA) is 66.5 Å². The highest BCUT2D eigenvalue weighted by Gasteiger charge is 2.27. The first-order valence-electron chi connectivity index (χ1n) is 8.21. The summed E-state index contributed by atoms with van der Waals surface area (Å²) in [5.74, 6) is -0.0529. The van der Waals surface area contributed by atoms with Gasteiger partial charge in [0, 0.05) is 36.5 Å². The maximum atomic E-state index is 12.7. The SMILES string of the molecule is CC(=O)NC1CCN(C(=O)c2cccc(-c3ccc(C(C)=O)s3)c2)C1. The Morgan fingerprint density at radius 2 is 1.96 bits per heavy atom. The van der Waals surface area contributed by atoms with Gasteiger partial charge in [-0.3, -0.25) is 14.4 Å². The summed E-state index contributed by atoms with van der Waals surface area (Å²) in [6.07, 6.45) is 0.776. The van der Waals surface area contributed by atoms with E-state index in [9.17, 15) is 14.4 Å². The summed E-state index contributed by atoms with van der Waals surface area (Å²) in [5, 5.41) is 2.87. The fourth-order valence-corrected chi connectivity index (χ4v) is 3.92. The lowest BCUT2D eigenvalue weighted by Crippen LogP contribution is -2.37. The molecule has 0 spiro atoms. The van der Waals surface area contributed by atoms with Gasteiger partial charge in [-0.25, -0.2) is 0 Å². The summed E-state index contributed by atoms with van der Waals surface area (Å²) in [4.78, 5) is 38.8. The van der Waals surface area contributed by atoms with Crippen LogP contribution in [0.1, 0.15) is 40.3 Å². The normalized spacial score (nSPS) is 16.7. The van der Waals surface area contributed by atoms with Gasteiger partial charge in [0.2, 0.25) is 5.91 Å². The monoisotopic (exact) mass is 356 g/mol. The molecule has 1 aliphatic rings. The number of benzene rings is 1. The third-order valence-electron chi connectivity index (χ3n) is 4.23. The maximum Gasteiger partial charge on any atom is 0.253 e. The number of ketones is 1. The van der Waals surface area contributed by atoms with Gasteiger partial charge >= 0.3 is 0 Å². The number of nitrogens with zero attached hydrogens (tertiary/aromatic N) is 1. The van der Waals surface area contributed by atoms with Crippen molar-refractivity contribution in [1.82, 2.24) is 10.2 Å². The smallest absolute Gasteiger partial charge is 0.253 e. The minimum Gasteiger partial charge on any atom is -0.352 e. The molecule has 1 fully saturated rings. The Morgan fingerprint density at radius 3 is 2.64 bits per heavy atom. The van der Waals surface area contributed by atoms with Crippen LogP contribution in [0.15, 0.2) is 36.4 Å². The average Bonchev–Trinajstić information content (AvgIpc) is 3.23. The molecule has 1 aromatic heterocycles. The van der Waals surface area contributed by atoms with E-state index in [1.54, 1.807) is 17.9 Å². The number of Topliss-reactive ketones (excluding diaryl/α,β-unsaturated/α-hetero) is 1. The molecule has 1 N–H and O–H groups in total. The molecule has 0 saturated carbocycles. The van der Waals surface area contributed by atoms with E-state index in [0.29, 0.717) is 23.5 Å². The Morgan fingerprint density at radius 1 is 1.16 bits per heavy atom. The maximum absolute atomic E-state index is 12.7. The zero-order chi connectivity index (χ0) is 18.0. The fraction of sp³-hybridized carbons (Fsp3) is 0.316. The first kappa shape index (κ1) is 17.4. The number of hydrogen-bond acceptors (Lipinski definition) is 4.